The number of hydrogen-bond donors (Lipinski definition) is 0. The number of halogens is 1. The fourth-order valence-corrected chi connectivity index (χ4v) is 4.45. The van der Waals surface area contributed by atoms with E-state index in [4.69, 9.17) is 4.74 Å². The first-order valence-electron chi connectivity index (χ1n) is 9.07. The van der Waals surface area contributed by atoms with Crippen molar-refractivity contribution in [2.75, 3.05) is 12.9 Å². The maximum Gasteiger partial charge on any atom is 0.250 e. The average Bonchev–Trinajstić information content (AvgIpc) is 3.19. The van der Waals surface area contributed by atoms with Crippen LogP contribution in [0.1, 0.15) is 30.5 Å². The highest BCUT2D eigenvalue weighted by atomic mass is 32.2. The van der Waals surface area contributed by atoms with E-state index in [0.717, 1.165) is 15.5 Å². The van der Waals surface area contributed by atoms with E-state index in [0.29, 0.717) is 29.0 Å². The minimum atomic E-state index is -3.62. The Labute approximate surface area is 167 Å². The Balaban J connectivity index is 1.80. The molecule has 0 bridgehead atoms. The summed E-state index contributed by atoms with van der Waals surface area (Å²) in [6.45, 7) is 1.57. The molecule has 0 spiro atoms. The number of aromatic nitrogens is 2. The lowest BCUT2D eigenvalue weighted by Crippen LogP contribution is -2.28. The molecule has 4 rings (SSSR count). The van der Waals surface area contributed by atoms with Crippen molar-refractivity contribution in [3.63, 3.8) is 0 Å². The molecule has 29 heavy (non-hydrogen) atoms. The summed E-state index contributed by atoms with van der Waals surface area (Å²) in [5.74, 6) is -0.219. The number of hydrazone groups is 1. The molecule has 0 amide bonds. The molecule has 0 saturated carbocycles. The van der Waals surface area contributed by atoms with Crippen LogP contribution in [0.15, 0.2) is 53.9 Å². The molecule has 1 aromatic heterocycles. The second-order valence-corrected chi connectivity index (χ2v) is 8.70. The van der Waals surface area contributed by atoms with Crippen LogP contribution in [0.4, 0.5) is 4.39 Å². The molecule has 2 heterocycles. The molecule has 7 nitrogen and oxygen atoms in total. The van der Waals surface area contributed by atoms with Gasteiger partial charge in [0.05, 0.1) is 35.6 Å². The summed E-state index contributed by atoms with van der Waals surface area (Å²) in [4.78, 5) is 8.56. The van der Waals surface area contributed by atoms with Gasteiger partial charge >= 0.3 is 0 Å². The SMILES string of the molecule is CCS(=O)(=O)N1N=C(c2ccc(F)cc2OC)C[C@@H]1c1ccc2nccnc2c1. The summed E-state index contributed by atoms with van der Waals surface area (Å²) in [7, 11) is -2.18. The molecular formula is C20H19FN4O3S. The van der Waals surface area contributed by atoms with Gasteiger partial charge in [-0.05, 0) is 36.8 Å². The van der Waals surface area contributed by atoms with Gasteiger partial charge in [0.15, 0.2) is 0 Å². The van der Waals surface area contributed by atoms with Crippen LogP contribution in [-0.2, 0) is 10.0 Å². The van der Waals surface area contributed by atoms with Crippen LogP contribution in [0.25, 0.3) is 11.0 Å². The van der Waals surface area contributed by atoms with Gasteiger partial charge in [-0.15, -0.1) is 0 Å². The Hall–Kier alpha value is -3.07. The van der Waals surface area contributed by atoms with Gasteiger partial charge in [0, 0.05) is 30.4 Å². The average molecular weight is 414 g/mol. The zero-order valence-electron chi connectivity index (χ0n) is 15.9. The quantitative estimate of drug-likeness (QED) is 0.640. The molecule has 1 aliphatic rings. The molecule has 9 heteroatoms. The van der Waals surface area contributed by atoms with Gasteiger partial charge < -0.3 is 4.74 Å². The smallest absolute Gasteiger partial charge is 0.250 e. The number of rotatable bonds is 5. The Kier molecular flexibility index (Phi) is 4.91. The van der Waals surface area contributed by atoms with E-state index in [2.05, 4.69) is 15.1 Å². The molecular weight excluding hydrogens is 395 g/mol. The predicted octanol–water partition coefficient (Wildman–Crippen LogP) is 3.28. The molecule has 0 saturated heterocycles. The molecule has 0 aliphatic carbocycles. The molecule has 1 aliphatic heterocycles. The van der Waals surface area contributed by atoms with Crippen molar-refractivity contribution < 1.29 is 17.5 Å². The minimum Gasteiger partial charge on any atom is -0.496 e. The van der Waals surface area contributed by atoms with Crippen molar-refractivity contribution in [2.24, 2.45) is 5.10 Å². The van der Waals surface area contributed by atoms with Crippen molar-refractivity contribution in [1.82, 2.24) is 14.4 Å². The second kappa shape index (κ2) is 7.40. The molecule has 150 valence electrons. The van der Waals surface area contributed by atoms with Crippen LogP contribution in [0.2, 0.25) is 0 Å². The van der Waals surface area contributed by atoms with Crippen LogP contribution < -0.4 is 4.74 Å². The third-order valence-corrected chi connectivity index (χ3v) is 6.51. The summed E-state index contributed by atoms with van der Waals surface area (Å²) in [5.41, 5.74) is 3.23. The van der Waals surface area contributed by atoms with Crippen LogP contribution in [-0.4, -0.2) is 41.4 Å². The maximum atomic E-state index is 13.6. The van der Waals surface area contributed by atoms with Crippen LogP contribution in [0.5, 0.6) is 5.75 Å². The number of methoxy groups -OCH3 is 1. The summed E-state index contributed by atoms with van der Waals surface area (Å²) in [6.07, 6.45) is 3.52. The normalized spacial score (nSPS) is 16.9. The fourth-order valence-electron chi connectivity index (χ4n) is 3.38. The highest BCUT2D eigenvalue weighted by Gasteiger charge is 2.36. The Bertz CT molecular complexity index is 1210. The van der Waals surface area contributed by atoms with Crippen molar-refractivity contribution in [2.45, 2.75) is 19.4 Å². The summed E-state index contributed by atoms with van der Waals surface area (Å²) < 4.78 is 45.5. The van der Waals surface area contributed by atoms with Gasteiger partial charge in [0.25, 0.3) is 0 Å². The maximum absolute atomic E-state index is 13.6. The van der Waals surface area contributed by atoms with Crippen LogP contribution in [0.3, 0.4) is 0 Å². The Morgan fingerprint density at radius 1 is 1.14 bits per heavy atom. The van der Waals surface area contributed by atoms with Gasteiger partial charge in [-0.2, -0.15) is 9.52 Å². The van der Waals surface area contributed by atoms with E-state index in [9.17, 15) is 12.8 Å². The zero-order chi connectivity index (χ0) is 20.6. The topological polar surface area (TPSA) is 84.8 Å². The molecule has 2 aromatic carbocycles. The lowest BCUT2D eigenvalue weighted by molar-refractivity contribution is 0.372. The minimum absolute atomic E-state index is 0.0891. The standard InChI is InChI=1S/C20H19FN4O3S/c1-3-29(26,27)25-19(13-4-7-16-18(10-13)23-9-8-22-16)12-17(24-25)15-6-5-14(21)11-20(15)28-2/h4-11,19H,3,12H2,1-2H3/t19-/m1/s1. The first-order valence-corrected chi connectivity index (χ1v) is 10.7. The molecule has 0 radical (unpaired) electrons. The van der Waals surface area contributed by atoms with Gasteiger partial charge in [0.2, 0.25) is 10.0 Å². The monoisotopic (exact) mass is 414 g/mol. The van der Waals surface area contributed by atoms with Gasteiger partial charge in [-0.25, -0.2) is 12.8 Å². The second-order valence-electron chi connectivity index (χ2n) is 6.59. The zero-order valence-corrected chi connectivity index (χ0v) is 16.7. The van der Waals surface area contributed by atoms with E-state index < -0.39 is 21.9 Å². The van der Waals surface area contributed by atoms with Crippen molar-refractivity contribution in [3.8, 4) is 5.75 Å². The van der Waals surface area contributed by atoms with E-state index in [1.807, 2.05) is 18.2 Å². The van der Waals surface area contributed by atoms with Crippen LogP contribution in [0, 0.1) is 5.82 Å². The largest absolute Gasteiger partial charge is 0.496 e. The number of ether oxygens (including phenoxy) is 1. The first kappa shape index (κ1) is 19.3. The van der Waals surface area contributed by atoms with E-state index in [1.54, 1.807) is 25.4 Å². The van der Waals surface area contributed by atoms with E-state index in [1.165, 1.54) is 19.2 Å². The molecule has 1 atom stereocenters. The fraction of sp³-hybridized carbons (Fsp3) is 0.250. The highest BCUT2D eigenvalue weighted by molar-refractivity contribution is 7.89. The Morgan fingerprint density at radius 3 is 2.62 bits per heavy atom. The Morgan fingerprint density at radius 2 is 1.90 bits per heavy atom. The molecule has 3 aromatic rings. The summed E-state index contributed by atoms with van der Waals surface area (Å²) >= 11 is 0. The predicted molar refractivity (Wildman–Crippen MR) is 108 cm³/mol. The molecule has 0 N–H and O–H groups in total. The number of benzene rings is 2. The van der Waals surface area contributed by atoms with Crippen LogP contribution >= 0.6 is 0 Å². The van der Waals surface area contributed by atoms with E-state index >= 15 is 0 Å². The number of hydrogen-bond acceptors (Lipinski definition) is 6. The number of fused-ring (bicyclic) bond motifs is 1. The third-order valence-electron chi connectivity index (χ3n) is 4.88. The summed E-state index contributed by atoms with van der Waals surface area (Å²) in [6, 6.07) is 9.05. The van der Waals surface area contributed by atoms with Crippen molar-refractivity contribution in [3.05, 3.63) is 65.7 Å². The lowest BCUT2D eigenvalue weighted by Gasteiger charge is -2.22. The van der Waals surface area contributed by atoms with Crippen molar-refractivity contribution >= 4 is 26.8 Å². The third kappa shape index (κ3) is 3.53. The molecule has 0 unspecified atom stereocenters. The van der Waals surface area contributed by atoms with Crippen molar-refractivity contribution in [1.29, 1.82) is 0 Å². The van der Waals surface area contributed by atoms with E-state index in [-0.39, 0.29) is 5.75 Å². The molecule has 0 fully saturated rings. The van der Waals surface area contributed by atoms with Gasteiger partial charge in [0.1, 0.15) is 11.6 Å². The first-order chi connectivity index (χ1) is 13.9. The highest BCUT2D eigenvalue weighted by Crippen LogP contribution is 2.37. The van der Waals surface area contributed by atoms with Gasteiger partial charge in [-0.1, -0.05) is 6.07 Å². The van der Waals surface area contributed by atoms with Gasteiger partial charge in [-0.3, -0.25) is 9.97 Å². The number of sulfonamides is 1. The lowest BCUT2D eigenvalue weighted by atomic mass is 9.98. The number of nitrogens with zero attached hydrogens (tertiary/aromatic N) is 4. The summed E-state index contributed by atoms with van der Waals surface area (Å²) in [5, 5.41) is 4.40.